The summed E-state index contributed by atoms with van der Waals surface area (Å²) in [5.41, 5.74) is -3.01. The van der Waals surface area contributed by atoms with E-state index in [1.54, 1.807) is 0 Å². The number of aromatic nitrogens is 5. The number of amides is 3. The number of pyridine rings is 1. The van der Waals surface area contributed by atoms with Gasteiger partial charge in [0.15, 0.2) is 21.3 Å². The van der Waals surface area contributed by atoms with Crippen LogP contribution in [-0.4, -0.2) is 106 Å². The molecule has 1 fully saturated rings. The van der Waals surface area contributed by atoms with E-state index >= 15 is 17.6 Å². The maximum absolute atomic E-state index is 16.3. The highest BCUT2D eigenvalue weighted by Gasteiger charge is 2.69. The summed E-state index contributed by atoms with van der Waals surface area (Å²) >= 11 is 6.67. The normalized spacial score (nSPS) is 17.6. The molecule has 73 heavy (non-hydrogen) atoms. The third kappa shape index (κ3) is 10.7. The van der Waals surface area contributed by atoms with Gasteiger partial charge in [0.2, 0.25) is 15.9 Å². The number of nitrogens with two attached hydrogens (primary N) is 1. The number of primary amides is 1. The number of anilines is 1. The van der Waals surface area contributed by atoms with Gasteiger partial charge in [-0.05, 0) is 88.3 Å². The average Bonchev–Trinajstić information content (AvgIpc) is 3.71. The van der Waals surface area contributed by atoms with Gasteiger partial charge in [-0.1, -0.05) is 23.6 Å². The topological polar surface area (TPSA) is 204 Å². The fourth-order valence-corrected chi connectivity index (χ4v) is 10.3. The Bertz CT molecular complexity index is 3380. The highest BCUT2D eigenvalue weighted by Crippen LogP contribution is 2.69. The minimum absolute atomic E-state index is 0.0106. The summed E-state index contributed by atoms with van der Waals surface area (Å²) in [5, 5.41) is 16.7. The van der Waals surface area contributed by atoms with Crippen LogP contribution in [0.25, 0.3) is 22.0 Å². The molecule has 394 valence electrons. The average molecular weight is 1100 g/mol. The van der Waals surface area contributed by atoms with Crippen molar-refractivity contribution >= 4 is 60.1 Å². The van der Waals surface area contributed by atoms with Gasteiger partial charge in [0.25, 0.3) is 5.92 Å². The third-order valence-electron chi connectivity index (χ3n) is 12.3. The molecule has 1 unspecified atom stereocenters. The van der Waals surface area contributed by atoms with Crippen LogP contribution in [0, 0.1) is 29.4 Å². The Morgan fingerprint density at radius 3 is 2.10 bits per heavy atom. The number of rotatable bonds is 13. The first-order valence-corrected chi connectivity index (χ1v) is 25.6. The van der Waals surface area contributed by atoms with Crippen LogP contribution in [0.15, 0.2) is 42.5 Å². The molecule has 1 saturated carbocycles. The monoisotopic (exact) mass is 1100 g/mol. The fraction of sp³-hybridized carbons (Fsp3) is 0.444. The van der Waals surface area contributed by atoms with Gasteiger partial charge in [-0.15, -0.1) is 0 Å². The zero-order chi connectivity index (χ0) is 54.7. The highest BCUT2D eigenvalue weighted by molar-refractivity contribution is 7.93. The molecule has 3 N–H and O–H groups in total. The molecular formula is C45H43ClF10N8O7S2. The van der Waals surface area contributed by atoms with Gasteiger partial charge in [0.1, 0.15) is 40.4 Å². The Balaban J connectivity index is 1.63. The van der Waals surface area contributed by atoms with Gasteiger partial charge in [-0.2, -0.15) is 49.6 Å². The Kier molecular flexibility index (Phi) is 13.6. The second-order valence-electron chi connectivity index (χ2n) is 19.1. The van der Waals surface area contributed by atoms with Crippen molar-refractivity contribution in [3.05, 3.63) is 93.0 Å². The molecule has 2 aromatic carbocycles. The minimum atomic E-state index is -5.41. The second-order valence-corrected chi connectivity index (χ2v) is 23.9. The third-order valence-corrected chi connectivity index (χ3v) is 15.5. The number of alkyl halides is 8. The predicted octanol–water partition coefficient (Wildman–Crippen LogP) is 7.83. The van der Waals surface area contributed by atoms with Gasteiger partial charge in [-0.3, -0.25) is 9.48 Å². The van der Waals surface area contributed by atoms with E-state index in [2.05, 4.69) is 27.0 Å². The number of nitrogens with zero attached hydrogens (tertiary/aromatic N) is 7. The first-order valence-electron chi connectivity index (χ1n) is 21.5. The van der Waals surface area contributed by atoms with Crippen LogP contribution in [0.3, 0.4) is 0 Å². The molecule has 15 nitrogen and oxygen atoms in total. The highest BCUT2D eigenvalue weighted by atomic mass is 35.5. The predicted molar refractivity (Wildman–Crippen MR) is 244 cm³/mol. The number of halogens is 11. The van der Waals surface area contributed by atoms with Gasteiger partial charge in [0.05, 0.1) is 40.0 Å². The van der Waals surface area contributed by atoms with E-state index in [0.717, 1.165) is 37.6 Å². The zero-order valence-corrected chi connectivity index (χ0v) is 41.6. The fourth-order valence-electron chi connectivity index (χ4n) is 8.92. The molecular weight excluding hydrogens is 1050 g/mol. The van der Waals surface area contributed by atoms with Crippen molar-refractivity contribution in [2.45, 2.75) is 93.6 Å². The molecule has 3 aromatic heterocycles. The number of sulfonamides is 1. The molecule has 28 heteroatoms. The van der Waals surface area contributed by atoms with Gasteiger partial charge in [0, 0.05) is 47.9 Å². The largest absolute Gasteiger partial charge is 0.435 e. The number of likely N-dealkylation sites (N-methyl/N-ethyl adjacent to an activating group) is 1. The minimum Gasteiger partial charge on any atom is -0.389 e. The standard InChI is InChI=1S/C45H43ClF10N8O7S2/c1-41(2,67)19-61(5)40(66)64(73(7,70)71)39-32-30(46)11-10-26(34(32)62(60-39)20-43(49,50)51)25-9-8-24(12-13-42(3,4)72(6,68)69)58-33(25)28(16-21-14-22(47)17-23(48)15-21)35(38(57)65)63-37-31(36(59-63)45(54,55)56)27-18-29(27)44(37,52)53/h8-11,14-15,17,27-29,35,67H,16,18-20H2,1-7H3,(H2,57,65)/t27-,28+,29+,35?/m0/s1. The summed E-state index contributed by atoms with van der Waals surface area (Å²) in [7, 11) is -7.82. The van der Waals surface area contributed by atoms with Crippen molar-refractivity contribution in [1.82, 2.24) is 29.4 Å². The van der Waals surface area contributed by atoms with Gasteiger partial charge >= 0.3 is 18.4 Å². The van der Waals surface area contributed by atoms with Crippen molar-refractivity contribution in [2.75, 3.05) is 30.4 Å². The Labute approximate surface area is 415 Å². The molecule has 0 bridgehead atoms. The molecule has 0 spiro atoms. The lowest BCUT2D eigenvalue weighted by atomic mass is 9.84. The van der Waals surface area contributed by atoms with E-state index in [0.29, 0.717) is 29.4 Å². The van der Waals surface area contributed by atoms with Crippen molar-refractivity contribution in [3.63, 3.8) is 0 Å². The number of sulfone groups is 1. The van der Waals surface area contributed by atoms with E-state index < -0.39 is 189 Å². The number of hydrogen-bond acceptors (Lipinski definition) is 10. The number of aliphatic hydroxyl groups is 1. The van der Waals surface area contributed by atoms with Crippen LogP contribution in [0.1, 0.15) is 85.9 Å². The van der Waals surface area contributed by atoms with Gasteiger partial charge < -0.3 is 15.7 Å². The lowest BCUT2D eigenvalue weighted by molar-refractivity contribution is -0.143. The van der Waals surface area contributed by atoms with E-state index in [4.69, 9.17) is 17.3 Å². The number of carbonyl (C=O) groups is 2. The van der Waals surface area contributed by atoms with Crippen LogP contribution >= 0.6 is 11.6 Å². The quantitative estimate of drug-likeness (QED) is 0.0864. The second kappa shape index (κ2) is 18.1. The molecule has 0 saturated heterocycles. The number of fused-ring (bicyclic) bond motifs is 4. The van der Waals surface area contributed by atoms with Crippen molar-refractivity contribution in [3.8, 4) is 23.0 Å². The van der Waals surface area contributed by atoms with E-state index in [-0.39, 0.29) is 13.7 Å². The van der Waals surface area contributed by atoms with E-state index in [9.17, 15) is 57.9 Å². The molecule has 3 heterocycles. The molecule has 0 aliphatic heterocycles. The molecule has 5 aromatic rings. The van der Waals surface area contributed by atoms with Crippen LogP contribution in [0.5, 0.6) is 0 Å². The van der Waals surface area contributed by atoms with Crippen molar-refractivity contribution in [2.24, 2.45) is 11.7 Å². The maximum atomic E-state index is 16.3. The zero-order valence-electron chi connectivity index (χ0n) is 39.3. The summed E-state index contributed by atoms with van der Waals surface area (Å²) in [4.78, 5) is 33.3. The lowest BCUT2D eigenvalue weighted by Crippen LogP contribution is -2.49. The number of urea groups is 1. The number of hydrogen-bond donors (Lipinski definition) is 2. The van der Waals surface area contributed by atoms with Crippen LogP contribution in [-0.2, 0) is 49.7 Å². The van der Waals surface area contributed by atoms with Gasteiger partial charge in [-0.25, -0.2) is 40.1 Å². The first kappa shape index (κ1) is 54.8. The number of benzene rings is 2. The van der Waals surface area contributed by atoms with Crippen LogP contribution in [0.2, 0.25) is 5.02 Å². The SMILES string of the molecule is CN(CC(C)(C)O)C(=O)N(c1nn(CC(F)(F)F)c2c(-c3ccc(C#CC(C)(C)S(C)(=O)=O)nc3[C@@H](Cc3cc(F)cc(F)c3)C(C(N)=O)n3nc(C(F)(F)F)c4c3C(F)(F)[C@@H]3C[C@H]43)ccc(Cl)c12)S(C)(=O)=O. The maximum Gasteiger partial charge on any atom is 0.435 e. The Morgan fingerprint density at radius 2 is 1.56 bits per heavy atom. The Hall–Kier alpha value is -5.98. The van der Waals surface area contributed by atoms with E-state index in [1.165, 1.54) is 27.7 Å². The lowest BCUT2D eigenvalue weighted by Gasteiger charge is -2.30. The molecule has 2 aliphatic carbocycles. The summed E-state index contributed by atoms with van der Waals surface area (Å²) < 4.78 is 202. The number of carbonyl (C=O) groups excluding carboxylic acids is 2. The van der Waals surface area contributed by atoms with Crippen molar-refractivity contribution < 1.29 is 75.4 Å². The molecule has 7 rings (SSSR count). The molecule has 2 aliphatic rings. The van der Waals surface area contributed by atoms with Crippen LogP contribution < -0.4 is 10.0 Å². The summed E-state index contributed by atoms with van der Waals surface area (Å²) in [6.07, 6.45) is -10.6. The molecule has 0 radical (unpaired) electrons. The first-order chi connectivity index (χ1) is 33.2. The Morgan fingerprint density at radius 1 is 0.959 bits per heavy atom. The van der Waals surface area contributed by atoms with Crippen molar-refractivity contribution in [1.29, 1.82) is 0 Å². The van der Waals surface area contributed by atoms with E-state index in [1.807, 2.05) is 0 Å². The van der Waals surface area contributed by atoms with Crippen LogP contribution in [0.4, 0.5) is 54.5 Å². The summed E-state index contributed by atoms with van der Waals surface area (Å²) in [5.74, 6) is -9.41. The smallest absolute Gasteiger partial charge is 0.389 e. The molecule has 4 atom stereocenters. The molecule has 3 amide bonds. The summed E-state index contributed by atoms with van der Waals surface area (Å²) in [6, 6.07) is 2.02. The summed E-state index contributed by atoms with van der Waals surface area (Å²) in [6.45, 7) is 2.33.